The molecule has 0 aliphatic heterocycles. The minimum atomic E-state index is -0.0805. The van der Waals surface area contributed by atoms with E-state index in [2.05, 4.69) is 17.0 Å². The largest absolute Gasteiger partial charge is 0.323 e. The van der Waals surface area contributed by atoms with E-state index in [0.29, 0.717) is 11.2 Å². The normalized spacial score (nSPS) is 13.2. The van der Waals surface area contributed by atoms with Crippen LogP contribution in [0, 0.1) is 6.92 Å². The molecule has 0 fully saturated rings. The van der Waals surface area contributed by atoms with Crippen LogP contribution in [-0.2, 0) is 0 Å². The molecule has 0 aliphatic carbocycles. The molecule has 0 amide bonds. The van der Waals surface area contributed by atoms with Gasteiger partial charge >= 0.3 is 0 Å². The lowest BCUT2D eigenvalue weighted by atomic mass is 10.1. The highest BCUT2D eigenvalue weighted by Gasteiger charge is 2.10. The number of aryl methyl sites for hydroxylation is 1. The van der Waals surface area contributed by atoms with Gasteiger partial charge in [-0.3, -0.25) is 4.79 Å². The summed E-state index contributed by atoms with van der Waals surface area (Å²) in [6.45, 7) is 3.84. The number of fused-ring (bicyclic) bond motifs is 1. The average Bonchev–Trinajstić information content (AvgIpc) is 2.62. The molecule has 2 aromatic heterocycles. The monoisotopic (exact) mass is 220 g/mol. The van der Waals surface area contributed by atoms with E-state index < -0.39 is 0 Å². The zero-order chi connectivity index (χ0) is 11.7. The second kappa shape index (κ2) is 4.09. The zero-order valence-electron chi connectivity index (χ0n) is 9.53. The molecule has 86 valence electrons. The van der Waals surface area contributed by atoms with E-state index in [9.17, 15) is 4.79 Å². The van der Waals surface area contributed by atoms with E-state index in [1.54, 1.807) is 17.6 Å². The van der Waals surface area contributed by atoms with Crippen LogP contribution in [-0.4, -0.2) is 14.6 Å². The first-order valence-corrected chi connectivity index (χ1v) is 5.46. The van der Waals surface area contributed by atoms with Gasteiger partial charge < -0.3 is 10.7 Å². The van der Waals surface area contributed by atoms with Gasteiger partial charge in [-0.2, -0.15) is 5.10 Å². The third kappa shape index (κ3) is 1.86. The van der Waals surface area contributed by atoms with Crippen molar-refractivity contribution >= 4 is 5.65 Å². The third-order valence-corrected chi connectivity index (χ3v) is 2.65. The summed E-state index contributed by atoms with van der Waals surface area (Å²) in [5.41, 5.74) is 8.06. The number of aromatic amines is 1. The highest BCUT2D eigenvalue weighted by atomic mass is 16.1. The Morgan fingerprint density at radius 3 is 3.06 bits per heavy atom. The van der Waals surface area contributed by atoms with Crippen molar-refractivity contribution in [2.24, 2.45) is 5.73 Å². The van der Waals surface area contributed by atoms with Gasteiger partial charge in [0, 0.05) is 23.9 Å². The highest BCUT2D eigenvalue weighted by Crippen LogP contribution is 2.14. The van der Waals surface area contributed by atoms with Gasteiger partial charge in [0.1, 0.15) is 5.65 Å². The van der Waals surface area contributed by atoms with Crippen molar-refractivity contribution in [3.63, 3.8) is 0 Å². The lowest BCUT2D eigenvalue weighted by Gasteiger charge is -2.04. The molecule has 0 aromatic carbocycles. The molecule has 16 heavy (non-hydrogen) atoms. The Morgan fingerprint density at radius 1 is 1.62 bits per heavy atom. The van der Waals surface area contributed by atoms with Crippen LogP contribution >= 0.6 is 0 Å². The van der Waals surface area contributed by atoms with Gasteiger partial charge in [0.2, 0.25) is 0 Å². The van der Waals surface area contributed by atoms with Crippen LogP contribution in [0.1, 0.15) is 37.1 Å². The molecule has 1 atom stereocenters. The lowest BCUT2D eigenvalue weighted by Crippen LogP contribution is -2.12. The second-order valence-corrected chi connectivity index (χ2v) is 4.06. The first-order chi connectivity index (χ1) is 7.61. The van der Waals surface area contributed by atoms with Crippen LogP contribution in [0.2, 0.25) is 0 Å². The number of hydrogen-bond donors (Lipinski definition) is 2. The smallest absolute Gasteiger partial charge is 0.254 e. The summed E-state index contributed by atoms with van der Waals surface area (Å²) >= 11 is 0. The van der Waals surface area contributed by atoms with E-state index >= 15 is 0 Å². The topological polar surface area (TPSA) is 76.2 Å². The number of aromatic nitrogens is 3. The second-order valence-electron chi connectivity index (χ2n) is 4.06. The Hall–Kier alpha value is -1.62. The Balaban J connectivity index is 2.48. The van der Waals surface area contributed by atoms with Gasteiger partial charge in [-0.25, -0.2) is 4.52 Å². The maximum Gasteiger partial charge on any atom is 0.254 e. The van der Waals surface area contributed by atoms with Crippen LogP contribution in [0.3, 0.4) is 0 Å². The molecule has 5 heteroatoms. The van der Waals surface area contributed by atoms with Crippen molar-refractivity contribution in [3.05, 3.63) is 33.9 Å². The third-order valence-electron chi connectivity index (χ3n) is 2.65. The van der Waals surface area contributed by atoms with E-state index in [4.69, 9.17) is 5.73 Å². The van der Waals surface area contributed by atoms with Crippen molar-refractivity contribution in [3.8, 4) is 0 Å². The fourth-order valence-electron chi connectivity index (χ4n) is 1.70. The Bertz CT molecular complexity index is 555. The van der Waals surface area contributed by atoms with E-state index in [0.717, 1.165) is 18.5 Å². The lowest BCUT2D eigenvalue weighted by molar-refractivity contribution is 0.615. The summed E-state index contributed by atoms with van der Waals surface area (Å²) in [5, 5.41) is 4.35. The Kier molecular flexibility index (Phi) is 2.78. The van der Waals surface area contributed by atoms with Crippen LogP contribution < -0.4 is 11.3 Å². The molecule has 3 N–H and O–H groups in total. The van der Waals surface area contributed by atoms with Crippen molar-refractivity contribution in [2.45, 2.75) is 32.7 Å². The van der Waals surface area contributed by atoms with Crippen molar-refractivity contribution < 1.29 is 0 Å². The molecule has 0 spiro atoms. The van der Waals surface area contributed by atoms with Gasteiger partial charge in [-0.1, -0.05) is 13.3 Å². The fourth-order valence-corrected chi connectivity index (χ4v) is 1.70. The van der Waals surface area contributed by atoms with Crippen LogP contribution in [0.4, 0.5) is 0 Å². The molecular formula is C11H16N4O. The number of nitrogens with zero attached hydrogens (tertiary/aromatic N) is 2. The number of hydrogen-bond acceptors (Lipinski definition) is 3. The predicted molar refractivity (Wildman–Crippen MR) is 62.4 cm³/mol. The maximum atomic E-state index is 11.4. The maximum absolute atomic E-state index is 11.4. The molecule has 2 aromatic rings. The highest BCUT2D eigenvalue weighted by molar-refractivity contribution is 5.40. The molecular weight excluding hydrogens is 204 g/mol. The van der Waals surface area contributed by atoms with Gasteiger partial charge in [0.05, 0.1) is 5.69 Å². The molecule has 2 heterocycles. The summed E-state index contributed by atoms with van der Waals surface area (Å²) in [6.07, 6.45) is 3.63. The van der Waals surface area contributed by atoms with Gasteiger partial charge in [0.15, 0.2) is 0 Å². The summed E-state index contributed by atoms with van der Waals surface area (Å²) in [6, 6.07) is 1.77. The van der Waals surface area contributed by atoms with Crippen molar-refractivity contribution in [2.75, 3.05) is 0 Å². The molecule has 0 saturated carbocycles. The van der Waals surface area contributed by atoms with Crippen LogP contribution in [0.15, 0.2) is 17.1 Å². The van der Waals surface area contributed by atoms with E-state index in [-0.39, 0.29) is 11.6 Å². The standard InChI is InChI=1S/C11H16N4O/c1-3-4-8(12)9-5-10-13-11(16)7(2)6-15(10)14-9/h5-6,8H,3-4,12H2,1-2H3,(H,13,16)/t8-/m0/s1. The number of H-pyrrole nitrogens is 1. The molecule has 0 unspecified atom stereocenters. The molecule has 0 aliphatic rings. The quantitative estimate of drug-likeness (QED) is 0.814. The van der Waals surface area contributed by atoms with Crippen LogP contribution in [0.25, 0.3) is 5.65 Å². The van der Waals surface area contributed by atoms with Crippen LogP contribution in [0.5, 0.6) is 0 Å². The van der Waals surface area contributed by atoms with Gasteiger partial charge in [-0.05, 0) is 13.3 Å². The molecule has 5 nitrogen and oxygen atoms in total. The van der Waals surface area contributed by atoms with Crippen molar-refractivity contribution in [1.29, 1.82) is 0 Å². The Morgan fingerprint density at radius 2 is 2.38 bits per heavy atom. The number of nitrogens with one attached hydrogen (secondary N) is 1. The molecule has 0 radical (unpaired) electrons. The van der Waals surface area contributed by atoms with E-state index in [1.807, 2.05) is 6.07 Å². The molecule has 2 rings (SSSR count). The summed E-state index contributed by atoms with van der Waals surface area (Å²) in [4.78, 5) is 14.2. The number of rotatable bonds is 3. The fraction of sp³-hybridized carbons (Fsp3) is 0.455. The Labute approximate surface area is 93.3 Å². The van der Waals surface area contributed by atoms with Gasteiger partial charge in [-0.15, -0.1) is 0 Å². The first kappa shape index (κ1) is 10.9. The molecule has 0 saturated heterocycles. The van der Waals surface area contributed by atoms with E-state index in [1.165, 1.54) is 0 Å². The first-order valence-electron chi connectivity index (χ1n) is 5.46. The zero-order valence-corrected chi connectivity index (χ0v) is 9.53. The van der Waals surface area contributed by atoms with Gasteiger partial charge in [0.25, 0.3) is 5.56 Å². The minimum Gasteiger partial charge on any atom is -0.323 e. The molecule has 0 bridgehead atoms. The average molecular weight is 220 g/mol. The number of nitrogens with two attached hydrogens (primary N) is 1. The summed E-state index contributed by atoms with van der Waals surface area (Å²) in [5.74, 6) is 0. The predicted octanol–water partition coefficient (Wildman–Crippen LogP) is 1.13. The SMILES string of the molecule is CCC[C@H](N)c1cc2[nH]c(=O)c(C)cn2n1. The summed E-state index contributed by atoms with van der Waals surface area (Å²) in [7, 11) is 0. The minimum absolute atomic E-state index is 0.0614. The van der Waals surface area contributed by atoms with Crippen molar-refractivity contribution in [1.82, 2.24) is 14.6 Å². The summed E-state index contributed by atoms with van der Waals surface area (Å²) < 4.78 is 1.67.